The number of nitrogens with two attached hydrogens (primary N) is 1. The molecule has 0 amide bonds. The molecule has 8 heteroatoms. The van der Waals surface area contributed by atoms with Gasteiger partial charge >= 0.3 is 0 Å². The number of fused-ring (bicyclic) bond motifs is 1. The summed E-state index contributed by atoms with van der Waals surface area (Å²) in [6.07, 6.45) is 0.680. The van der Waals surface area contributed by atoms with Gasteiger partial charge in [0.2, 0.25) is 5.56 Å². The Hall–Kier alpha value is -4.21. The van der Waals surface area contributed by atoms with Crippen LogP contribution in [-0.4, -0.2) is 32.9 Å². The van der Waals surface area contributed by atoms with E-state index in [2.05, 4.69) is 91.9 Å². The van der Waals surface area contributed by atoms with Gasteiger partial charge in [-0.2, -0.15) is 0 Å². The summed E-state index contributed by atoms with van der Waals surface area (Å²) >= 11 is 0. The molecule has 1 aromatic heterocycles. The van der Waals surface area contributed by atoms with Crippen LogP contribution in [0.2, 0.25) is 18.1 Å². The van der Waals surface area contributed by atoms with E-state index in [9.17, 15) is 4.79 Å². The molecule has 0 spiro atoms. The van der Waals surface area contributed by atoms with Crippen molar-refractivity contribution in [2.24, 2.45) is 5.73 Å². The summed E-state index contributed by atoms with van der Waals surface area (Å²) in [6, 6.07) is 36.2. The summed E-state index contributed by atoms with van der Waals surface area (Å²) in [5.41, 5.74) is 12.4. The number of hydrogen-bond acceptors (Lipinski definition) is 6. The van der Waals surface area contributed by atoms with E-state index in [1.165, 1.54) is 5.56 Å². The molecule has 2 atom stereocenters. The third-order valence-corrected chi connectivity index (χ3v) is 13.8. The van der Waals surface area contributed by atoms with Crippen LogP contribution in [-0.2, 0) is 17.5 Å². The zero-order chi connectivity index (χ0) is 34.1. The molecule has 0 aliphatic heterocycles. The van der Waals surface area contributed by atoms with Crippen LogP contribution in [0, 0.1) is 0 Å². The lowest BCUT2D eigenvalue weighted by atomic mass is 10.0. The average molecular weight is 663 g/mol. The first kappa shape index (κ1) is 35.1. The van der Waals surface area contributed by atoms with Crippen LogP contribution in [0.15, 0.2) is 114 Å². The molecule has 252 valence electrons. The van der Waals surface area contributed by atoms with E-state index in [-0.39, 0.29) is 22.7 Å². The Kier molecular flexibility index (Phi) is 11.5. The molecule has 0 radical (unpaired) electrons. The number of hydrogen-bond donors (Lipinski definition) is 4. The van der Waals surface area contributed by atoms with Crippen LogP contribution in [0.4, 0.5) is 5.69 Å². The van der Waals surface area contributed by atoms with E-state index < -0.39 is 8.32 Å². The van der Waals surface area contributed by atoms with Gasteiger partial charge in [-0.15, -0.1) is 0 Å². The molecule has 0 saturated carbocycles. The monoisotopic (exact) mass is 662 g/mol. The highest BCUT2D eigenvalue weighted by Crippen LogP contribution is 2.41. The molecule has 0 aliphatic rings. The Morgan fingerprint density at radius 3 is 2.19 bits per heavy atom. The summed E-state index contributed by atoms with van der Waals surface area (Å²) in [6.45, 7) is 13.9. The fourth-order valence-electron chi connectivity index (χ4n) is 5.43. The Bertz CT molecular complexity index is 1800. The van der Waals surface area contributed by atoms with Gasteiger partial charge in [0.1, 0.15) is 12.4 Å². The Morgan fingerprint density at radius 2 is 1.50 bits per heavy atom. The van der Waals surface area contributed by atoms with Crippen molar-refractivity contribution in [3.8, 4) is 5.75 Å². The zero-order valence-corrected chi connectivity index (χ0v) is 29.9. The molecule has 0 saturated heterocycles. The first-order valence-corrected chi connectivity index (χ1v) is 19.8. The zero-order valence-electron chi connectivity index (χ0n) is 28.9. The highest BCUT2D eigenvalue weighted by atomic mass is 28.4. The van der Waals surface area contributed by atoms with Crippen molar-refractivity contribution in [3.05, 3.63) is 142 Å². The van der Waals surface area contributed by atoms with Crippen LogP contribution in [0.25, 0.3) is 10.9 Å². The summed E-state index contributed by atoms with van der Waals surface area (Å²) in [5.74, 6) is 0.648. The van der Waals surface area contributed by atoms with Crippen molar-refractivity contribution in [3.63, 3.8) is 0 Å². The maximum Gasteiger partial charge on any atom is 0.248 e. The second-order valence-electron chi connectivity index (χ2n) is 14.0. The Labute approximate surface area is 286 Å². The average Bonchev–Trinajstić information content (AvgIpc) is 3.08. The molecule has 0 unspecified atom stereocenters. The fourth-order valence-corrected chi connectivity index (χ4v) is 6.71. The molecule has 5 N–H and O–H groups in total. The quantitative estimate of drug-likeness (QED) is 0.0668. The highest BCUT2D eigenvalue weighted by molar-refractivity contribution is 6.74. The van der Waals surface area contributed by atoms with Gasteiger partial charge in [-0.05, 0) is 77.6 Å². The molecule has 7 nitrogen and oxygen atoms in total. The molecule has 0 aliphatic carbocycles. The minimum absolute atomic E-state index is 0.0366. The smallest absolute Gasteiger partial charge is 0.248 e. The highest BCUT2D eigenvalue weighted by Gasteiger charge is 2.39. The largest absolute Gasteiger partial charge is 0.487 e. The molecule has 48 heavy (non-hydrogen) atoms. The Balaban J connectivity index is 1.27. The number of pyridine rings is 1. The number of aromatic amines is 1. The van der Waals surface area contributed by atoms with E-state index in [0.29, 0.717) is 31.0 Å². The van der Waals surface area contributed by atoms with Crippen molar-refractivity contribution in [2.45, 2.75) is 64.1 Å². The van der Waals surface area contributed by atoms with Crippen LogP contribution < -0.4 is 26.7 Å². The van der Waals surface area contributed by atoms with Gasteiger partial charge in [0.05, 0.1) is 11.6 Å². The lowest BCUT2D eigenvalue weighted by molar-refractivity contribution is 0.182. The van der Waals surface area contributed by atoms with Gasteiger partial charge in [-0.3, -0.25) is 4.79 Å². The van der Waals surface area contributed by atoms with Gasteiger partial charge in [0.25, 0.3) is 0 Å². The van der Waals surface area contributed by atoms with Crippen LogP contribution in [0.5, 0.6) is 5.75 Å². The van der Waals surface area contributed by atoms with E-state index in [1.807, 2.05) is 60.7 Å². The minimum Gasteiger partial charge on any atom is -0.487 e. The van der Waals surface area contributed by atoms with E-state index in [0.717, 1.165) is 40.7 Å². The number of anilines is 1. The summed E-state index contributed by atoms with van der Waals surface area (Å²) in [4.78, 5) is 15.5. The van der Waals surface area contributed by atoms with E-state index in [4.69, 9.17) is 14.9 Å². The maximum absolute atomic E-state index is 12.5. The van der Waals surface area contributed by atoms with E-state index >= 15 is 0 Å². The summed E-state index contributed by atoms with van der Waals surface area (Å²) in [7, 11) is -2.15. The summed E-state index contributed by atoms with van der Waals surface area (Å²) < 4.78 is 13.3. The Morgan fingerprint density at radius 1 is 0.812 bits per heavy atom. The maximum atomic E-state index is 12.5. The van der Waals surface area contributed by atoms with Gasteiger partial charge < -0.3 is 30.5 Å². The van der Waals surface area contributed by atoms with Crippen molar-refractivity contribution in [1.29, 1.82) is 0 Å². The van der Waals surface area contributed by atoms with Crippen LogP contribution in [0.3, 0.4) is 0 Å². The molecule has 1 heterocycles. The minimum atomic E-state index is -2.15. The van der Waals surface area contributed by atoms with Gasteiger partial charge in [-0.25, -0.2) is 0 Å². The predicted octanol–water partition coefficient (Wildman–Crippen LogP) is 8.11. The molecule has 5 aromatic rings. The van der Waals surface area contributed by atoms with Gasteiger partial charge in [-0.1, -0.05) is 99.6 Å². The topological polar surface area (TPSA) is 101 Å². The standard InChI is InChI=1S/C40H50N4O3Si/c1-40(2,3)48(4,5)47-37(27-42-25-24-29-16-18-32(19-17-29)43-26-35(41)31-14-10-7-11-15-31)33-20-22-36(39-34(33)21-23-38(45)44-39)46-28-30-12-8-6-9-13-30/h6-23,35,37,42-43H,24-28,41H2,1-5H3,(H,44,45)/t35-,37+/m1/s1. The number of benzene rings is 4. The molecular weight excluding hydrogens is 613 g/mol. The number of aromatic nitrogens is 1. The lowest BCUT2D eigenvalue weighted by Gasteiger charge is -2.39. The molecular formula is C40H50N4O3Si. The fraction of sp³-hybridized carbons (Fsp3) is 0.325. The first-order valence-electron chi connectivity index (χ1n) is 16.8. The van der Waals surface area contributed by atoms with Crippen molar-refractivity contribution in [2.75, 3.05) is 25.0 Å². The third-order valence-electron chi connectivity index (χ3n) is 9.35. The van der Waals surface area contributed by atoms with Crippen molar-refractivity contribution >= 4 is 24.9 Å². The SMILES string of the molecule is CC(C)(C)[Si](C)(C)O[C@@H](CNCCc1ccc(NC[C@@H](N)c2ccccc2)cc1)c1ccc(OCc2ccccc2)c2[nH]c(=O)ccc12. The number of nitrogens with one attached hydrogen (secondary N) is 3. The molecule has 0 bridgehead atoms. The van der Waals surface area contributed by atoms with Crippen LogP contribution in [0.1, 0.15) is 55.2 Å². The second-order valence-corrected chi connectivity index (χ2v) is 18.7. The normalized spacial score (nSPS) is 13.3. The number of rotatable bonds is 15. The predicted molar refractivity (Wildman–Crippen MR) is 201 cm³/mol. The number of H-pyrrole nitrogens is 1. The van der Waals surface area contributed by atoms with Crippen molar-refractivity contribution in [1.82, 2.24) is 10.3 Å². The third kappa shape index (κ3) is 9.23. The molecule has 4 aromatic carbocycles. The van der Waals surface area contributed by atoms with Gasteiger partial charge in [0.15, 0.2) is 8.32 Å². The van der Waals surface area contributed by atoms with Gasteiger partial charge in [0, 0.05) is 36.3 Å². The second kappa shape index (κ2) is 15.8. The van der Waals surface area contributed by atoms with Crippen LogP contribution >= 0.6 is 0 Å². The lowest BCUT2D eigenvalue weighted by Crippen LogP contribution is -2.43. The van der Waals surface area contributed by atoms with Crippen molar-refractivity contribution < 1.29 is 9.16 Å². The van der Waals surface area contributed by atoms with E-state index in [1.54, 1.807) is 6.07 Å². The number of ether oxygens (including phenoxy) is 1. The molecule has 5 rings (SSSR count). The molecule has 0 fully saturated rings. The summed E-state index contributed by atoms with van der Waals surface area (Å²) in [5, 5.41) is 8.10. The first-order chi connectivity index (χ1) is 23.0.